The quantitative estimate of drug-likeness (QED) is 0.700. The topological polar surface area (TPSA) is 17.8 Å². The number of fused-ring (bicyclic) bond motifs is 1. The number of aromatic nitrogens is 2. The van der Waals surface area contributed by atoms with Crippen LogP contribution in [0.15, 0.2) is 64.2 Å². The van der Waals surface area contributed by atoms with Crippen molar-refractivity contribution in [2.45, 2.75) is 4.90 Å². The van der Waals surface area contributed by atoms with E-state index in [1.165, 1.54) is 4.90 Å². The van der Waals surface area contributed by atoms with Gasteiger partial charge in [-0.05, 0) is 52.1 Å². The lowest BCUT2D eigenvalue weighted by atomic mass is 10.4. The van der Waals surface area contributed by atoms with Gasteiger partial charge in [0.1, 0.15) is 0 Å². The molecule has 0 N–H and O–H groups in total. The maximum Gasteiger partial charge on any atom is 0.0891 e. The van der Waals surface area contributed by atoms with Gasteiger partial charge in [0.15, 0.2) is 0 Å². The van der Waals surface area contributed by atoms with Crippen LogP contribution in [0.4, 0.5) is 0 Å². The summed E-state index contributed by atoms with van der Waals surface area (Å²) in [5.41, 5.74) is 2.13. The van der Waals surface area contributed by atoms with Crippen molar-refractivity contribution >= 4 is 38.9 Å². The molecule has 2 heterocycles. The van der Waals surface area contributed by atoms with E-state index in [9.17, 15) is 0 Å². The molecule has 84 valence electrons. The predicted molar refractivity (Wildman–Crippen MR) is 75.1 cm³/mol. The Morgan fingerprint density at radius 1 is 1.12 bits per heavy atom. The Hall–Kier alpha value is -1.26. The molecule has 0 saturated heterocycles. The monoisotopic (exact) mass is 304 g/mol. The number of hydrogen-bond donors (Lipinski definition) is 0. The number of rotatable bonds is 2. The minimum absolute atomic E-state index is 0.999. The Bertz CT molecular complexity index is 649. The van der Waals surface area contributed by atoms with Gasteiger partial charge in [-0.2, -0.15) is 0 Å². The van der Waals surface area contributed by atoms with Gasteiger partial charge in [0.25, 0.3) is 0 Å². The third-order valence-corrected chi connectivity index (χ3v) is 3.85. The lowest BCUT2D eigenvalue weighted by Gasteiger charge is -2.03. The third-order valence-electron chi connectivity index (χ3n) is 2.42. The van der Waals surface area contributed by atoms with Gasteiger partial charge in [-0.15, -0.1) is 0 Å². The van der Waals surface area contributed by atoms with Crippen LogP contribution < -0.4 is 0 Å². The fraction of sp³-hybridized carbons (Fsp3) is 0. The van der Waals surface area contributed by atoms with Crippen LogP contribution >= 0.6 is 27.9 Å². The summed E-state index contributed by atoms with van der Waals surface area (Å²) in [5, 5.41) is 0. The second kappa shape index (κ2) is 4.55. The van der Waals surface area contributed by atoms with E-state index in [-0.39, 0.29) is 0 Å². The van der Waals surface area contributed by atoms with Gasteiger partial charge in [-0.3, -0.25) is 8.96 Å². The van der Waals surface area contributed by atoms with E-state index in [1.807, 2.05) is 36.7 Å². The van der Waals surface area contributed by atoms with Gasteiger partial charge in [0.05, 0.1) is 11.0 Å². The van der Waals surface area contributed by atoms with Gasteiger partial charge >= 0.3 is 0 Å². The van der Waals surface area contributed by atoms with Crippen LogP contribution in [0.5, 0.6) is 0 Å². The molecule has 0 spiro atoms. The highest BCUT2D eigenvalue weighted by Crippen LogP contribution is 2.26. The van der Waals surface area contributed by atoms with Gasteiger partial charge in [0, 0.05) is 21.8 Å². The molecule has 3 aromatic rings. The number of halogens is 1. The van der Waals surface area contributed by atoms with Crippen molar-refractivity contribution in [3.63, 3.8) is 0 Å². The number of benzene rings is 1. The lowest BCUT2D eigenvalue weighted by Crippen LogP contribution is -1.85. The number of hydrogen-bond acceptors (Lipinski definition) is 2. The summed E-state index contributed by atoms with van der Waals surface area (Å²) in [5.74, 6) is 0. The van der Waals surface area contributed by atoms with Crippen molar-refractivity contribution in [3.8, 4) is 0 Å². The highest BCUT2D eigenvalue weighted by Gasteiger charge is 2.04. The first-order valence-corrected chi connectivity index (χ1v) is 6.75. The van der Waals surface area contributed by atoms with Crippen molar-refractivity contribution in [2.24, 2.45) is 0 Å². The molecule has 2 aromatic heterocycles. The Morgan fingerprint density at radius 2 is 1.94 bits per heavy atom. The molecule has 0 fully saturated rings. The summed E-state index contributed by atoms with van der Waals surface area (Å²) in [6.45, 7) is 0. The molecule has 4 heteroatoms. The van der Waals surface area contributed by atoms with Gasteiger partial charge < -0.3 is 0 Å². The number of nitrogens with zero attached hydrogens (tertiary/aromatic N) is 2. The van der Waals surface area contributed by atoms with Crippen LogP contribution in [0, 0.1) is 0 Å². The van der Waals surface area contributed by atoms with Crippen LogP contribution in [0.3, 0.4) is 0 Å². The molecule has 0 atom stereocenters. The van der Waals surface area contributed by atoms with Gasteiger partial charge in [-0.25, -0.2) is 0 Å². The van der Waals surface area contributed by atoms with Crippen molar-refractivity contribution in [3.05, 3.63) is 59.3 Å². The third kappa shape index (κ3) is 2.23. The van der Waals surface area contributed by atoms with Crippen LogP contribution in [0.2, 0.25) is 0 Å². The van der Waals surface area contributed by atoms with Gasteiger partial charge in [-0.1, -0.05) is 18.2 Å². The standard InChI is InChI=1S/C13H9BrN2S/c14-10-8-13-12(15-9-10)6-7-16(13)17-11-4-2-1-3-5-11/h1-9H. The normalized spacial score (nSPS) is 10.9. The molecule has 2 nitrogen and oxygen atoms in total. The summed E-state index contributed by atoms with van der Waals surface area (Å²) in [7, 11) is 0. The first kappa shape index (κ1) is 10.9. The molecule has 17 heavy (non-hydrogen) atoms. The molecule has 1 aromatic carbocycles. The Labute approximate surface area is 112 Å². The van der Waals surface area contributed by atoms with E-state index in [0.29, 0.717) is 0 Å². The fourth-order valence-electron chi connectivity index (χ4n) is 1.64. The summed E-state index contributed by atoms with van der Waals surface area (Å²) >= 11 is 5.14. The predicted octanol–water partition coefficient (Wildman–Crippen LogP) is 4.35. The van der Waals surface area contributed by atoms with Crippen molar-refractivity contribution in [1.82, 2.24) is 8.96 Å². The molecule has 0 unspecified atom stereocenters. The molecule has 0 aliphatic heterocycles. The average Bonchev–Trinajstić information content (AvgIpc) is 2.73. The molecule has 0 bridgehead atoms. The van der Waals surface area contributed by atoms with E-state index in [0.717, 1.165) is 15.5 Å². The minimum Gasteiger partial charge on any atom is -0.285 e. The first-order valence-electron chi connectivity index (χ1n) is 5.19. The highest BCUT2D eigenvalue weighted by molar-refractivity contribution is 9.10. The van der Waals surface area contributed by atoms with E-state index in [4.69, 9.17) is 0 Å². The maximum absolute atomic E-state index is 4.36. The summed E-state index contributed by atoms with van der Waals surface area (Å²) in [4.78, 5) is 5.57. The van der Waals surface area contributed by atoms with Crippen molar-refractivity contribution < 1.29 is 0 Å². The fourth-order valence-corrected chi connectivity index (χ4v) is 2.83. The highest BCUT2D eigenvalue weighted by atomic mass is 79.9. The Kier molecular flexibility index (Phi) is 2.91. The molecule has 0 radical (unpaired) electrons. The van der Waals surface area contributed by atoms with Crippen LogP contribution in [-0.4, -0.2) is 8.96 Å². The zero-order valence-corrected chi connectivity index (χ0v) is 11.3. The Balaban J connectivity index is 2.03. The van der Waals surface area contributed by atoms with Crippen LogP contribution in [0.25, 0.3) is 11.0 Å². The van der Waals surface area contributed by atoms with Crippen molar-refractivity contribution in [2.75, 3.05) is 0 Å². The molecule has 3 rings (SSSR count). The molecule has 0 saturated carbocycles. The van der Waals surface area contributed by atoms with E-state index >= 15 is 0 Å². The summed E-state index contributed by atoms with van der Waals surface area (Å²) < 4.78 is 3.13. The maximum atomic E-state index is 4.36. The van der Waals surface area contributed by atoms with E-state index in [1.54, 1.807) is 11.9 Å². The second-order valence-corrected chi connectivity index (χ2v) is 5.57. The lowest BCUT2D eigenvalue weighted by molar-refractivity contribution is 1.30. The van der Waals surface area contributed by atoms with Crippen LogP contribution in [-0.2, 0) is 0 Å². The molecule has 0 aliphatic rings. The zero-order chi connectivity index (χ0) is 11.7. The molecule has 0 amide bonds. The van der Waals surface area contributed by atoms with E-state index in [2.05, 4.69) is 43.1 Å². The SMILES string of the molecule is Brc1cnc2ccn(Sc3ccccc3)c2c1. The average molecular weight is 305 g/mol. The largest absolute Gasteiger partial charge is 0.285 e. The number of pyridine rings is 1. The second-order valence-electron chi connectivity index (χ2n) is 3.60. The first-order chi connectivity index (χ1) is 8.33. The van der Waals surface area contributed by atoms with Crippen LogP contribution in [0.1, 0.15) is 0 Å². The Morgan fingerprint density at radius 3 is 2.76 bits per heavy atom. The summed E-state index contributed by atoms with van der Waals surface area (Å²) in [6, 6.07) is 14.4. The molecular formula is C13H9BrN2S. The minimum atomic E-state index is 0.999. The summed E-state index contributed by atoms with van der Waals surface area (Å²) in [6.07, 6.45) is 3.86. The van der Waals surface area contributed by atoms with Gasteiger partial charge in [0.2, 0.25) is 0 Å². The smallest absolute Gasteiger partial charge is 0.0891 e. The van der Waals surface area contributed by atoms with Crippen molar-refractivity contribution in [1.29, 1.82) is 0 Å². The van der Waals surface area contributed by atoms with E-state index < -0.39 is 0 Å². The molecule has 0 aliphatic carbocycles. The zero-order valence-electron chi connectivity index (χ0n) is 8.88. The molecular weight excluding hydrogens is 296 g/mol.